The molecular weight excluding hydrogens is 248 g/mol. The van der Waals surface area contributed by atoms with Crippen LogP contribution in [0.1, 0.15) is 33.4 Å². The smallest absolute Gasteiger partial charge is 0.184 e. The fourth-order valence-electron chi connectivity index (χ4n) is 2.68. The molecule has 0 fully saturated rings. The lowest BCUT2D eigenvalue weighted by molar-refractivity contribution is -0.102. The van der Waals surface area contributed by atoms with Crippen molar-refractivity contribution in [1.82, 2.24) is 0 Å². The molecule has 2 aromatic carbocycles. The van der Waals surface area contributed by atoms with Gasteiger partial charge in [0.25, 0.3) is 0 Å². The van der Waals surface area contributed by atoms with Gasteiger partial charge in [-0.05, 0) is 63.8 Å². The molecule has 0 aliphatic heterocycles. The first-order chi connectivity index (χ1) is 9.38. The van der Waals surface area contributed by atoms with Crippen LogP contribution in [0.3, 0.4) is 0 Å². The lowest BCUT2D eigenvalue weighted by Gasteiger charge is -2.15. The number of hydrogen-bond acceptors (Lipinski definition) is 2. The Bertz CT molecular complexity index is 538. The number of hydrogen-bond donors (Lipinski definition) is 0. The van der Waals surface area contributed by atoms with Gasteiger partial charge < -0.3 is 0 Å². The van der Waals surface area contributed by atoms with Crippen molar-refractivity contribution in [1.29, 1.82) is 0 Å². The van der Waals surface area contributed by atoms with Crippen LogP contribution < -0.4 is 9.78 Å². The van der Waals surface area contributed by atoms with Crippen molar-refractivity contribution >= 4 is 0 Å². The maximum Gasteiger partial charge on any atom is 0.184 e. The highest BCUT2D eigenvalue weighted by Gasteiger charge is 2.10. The van der Waals surface area contributed by atoms with E-state index in [-0.39, 0.29) is 0 Å². The molecule has 0 aliphatic carbocycles. The fourth-order valence-corrected chi connectivity index (χ4v) is 2.68. The predicted molar refractivity (Wildman–Crippen MR) is 82.6 cm³/mol. The lowest BCUT2D eigenvalue weighted by atomic mass is 10.1. The van der Waals surface area contributed by atoms with E-state index in [1.807, 2.05) is 27.7 Å². The molecule has 0 amide bonds. The third-order valence-electron chi connectivity index (χ3n) is 3.42. The zero-order valence-electron chi connectivity index (χ0n) is 13.1. The van der Waals surface area contributed by atoms with Gasteiger partial charge >= 0.3 is 0 Å². The van der Waals surface area contributed by atoms with Crippen molar-refractivity contribution < 1.29 is 9.78 Å². The van der Waals surface area contributed by atoms with Crippen LogP contribution in [-0.4, -0.2) is 0 Å². The van der Waals surface area contributed by atoms with Crippen LogP contribution in [0, 0.1) is 41.5 Å². The molecule has 0 atom stereocenters. The second-order valence-electron chi connectivity index (χ2n) is 5.62. The van der Waals surface area contributed by atoms with E-state index in [4.69, 9.17) is 9.78 Å². The van der Waals surface area contributed by atoms with Gasteiger partial charge in [-0.15, -0.1) is 0 Å². The van der Waals surface area contributed by atoms with Crippen molar-refractivity contribution in [2.75, 3.05) is 0 Å². The van der Waals surface area contributed by atoms with E-state index in [0.29, 0.717) is 0 Å². The lowest BCUT2D eigenvalue weighted by Crippen LogP contribution is -2.06. The van der Waals surface area contributed by atoms with Crippen molar-refractivity contribution in [3.05, 3.63) is 57.6 Å². The zero-order chi connectivity index (χ0) is 14.9. The summed E-state index contributed by atoms with van der Waals surface area (Å²) in [6.45, 7) is 12.3. The molecule has 0 bridgehead atoms. The van der Waals surface area contributed by atoms with Gasteiger partial charge in [0, 0.05) is 0 Å². The van der Waals surface area contributed by atoms with Gasteiger partial charge in [-0.3, -0.25) is 9.78 Å². The van der Waals surface area contributed by atoms with Crippen LogP contribution >= 0.6 is 0 Å². The van der Waals surface area contributed by atoms with E-state index in [9.17, 15) is 0 Å². The minimum Gasteiger partial charge on any atom is -0.289 e. The molecule has 106 valence electrons. The Hall–Kier alpha value is -1.96. The number of benzene rings is 2. The van der Waals surface area contributed by atoms with Crippen LogP contribution in [0.15, 0.2) is 24.3 Å². The molecule has 2 rings (SSSR count). The molecule has 0 saturated heterocycles. The molecule has 2 heteroatoms. The predicted octanol–water partition coefficient (Wildman–Crippen LogP) is 4.91. The van der Waals surface area contributed by atoms with Gasteiger partial charge in [0.2, 0.25) is 0 Å². The van der Waals surface area contributed by atoms with Gasteiger partial charge in [-0.1, -0.05) is 35.4 Å². The summed E-state index contributed by atoms with van der Waals surface area (Å²) >= 11 is 0. The molecule has 0 aliphatic rings. The molecule has 2 nitrogen and oxygen atoms in total. The maximum absolute atomic E-state index is 5.61. The Kier molecular flexibility index (Phi) is 4.03. The summed E-state index contributed by atoms with van der Waals surface area (Å²) in [5.41, 5.74) is 6.81. The highest BCUT2D eigenvalue weighted by molar-refractivity contribution is 5.44. The van der Waals surface area contributed by atoms with Crippen LogP contribution in [0.25, 0.3) is 0 Å². The van der Waals surface area contributed by atoms with E-state index in [2.05, 4.69) is 38.1 Å². The zero-order valence-corrected chi connectivity index (χ0v) is 13.1. The average Bonchev–Trinajstić information content (AvgIpc) is 2.30. The Balaban J connectivity index is 2.26. The van der Waals surface area contributed by atoms with Gasteiger partial charge in [0.1, 0.15) is 0 Å². The third-order valence-corrected chi connectivity index (χ3v) is 3.42. The van der Waals surface area contributed by atoms with Crippen LogP contribution in [0.5, 0.6) is 11.5 Å². The average molecular weight is 270 g/mol. The van der Waals surface area contributed by atoms with Crippen molar-refractivity contribution in [2.45, 2.75) is 41.5 Å². The summed E-state index contributed by atoms with van der Waals surface area (Å²) in [6, 6.07) is 8.39. The first-order valence-electron chi connectivity index (χ1n) is 6.88. The molecule has 0 spiro atoms. The van der Waals surface area contributed by atoms with Gasteiger partial charge in [-0.25, -0.2) is 0 Å². The van der Waals surface area contributed by atoms with E-state index < -0.39 is 0 Å². The fraction of sp³-hybridized carbons (Fsp3) is 0.333. The van der Waals surface area contributed by atoms with Crippen molar-refractivity contribution in [3.8, 4) is 11.5 Å². The molecular formula is C18H22O2. The number of rotatable bonds is 3. The summed E-state index contributed by atoms with van der Waals surface area (Å²) < 4.78 is 0. The summed E-state index contributed by atoms with van der Waals surface area (Å²) in [5, 5.41) is 0. The van der Waals surface area contributed by atoms with Crippen molar-refractivity contribution in [3.63, 3.8) is 0 Å². The van der Waals surface area contributed by atoms with E-state index in [1.54, 1.807) is 0 Å². The highest BCUT2D eigenvalue weighted by atomic mass is 17.2. The summed E-state index contributed by atoms with van der Waals surface area (Å²) in [7, 11) is 0. The van der Waals surface area contributed by atoms with Gasteiger partial charge in [-0.2, -0.15) is 0 Å². The highest BCUT2D eigenvalue weighted by Crippen LogP contribution is 2.29. The SMILES string of the molecule is Cc1cc(C)c(OOc2c(C)cc(C)cc2C)c(C)c1. The molecule has 0 radical (unpaired) electrons. The Morgan fingerprint density at radius 2 is 0.750 bits per heavy atom. The second kappa shape index (κ2) is 5.58. The number of aryl methyl sites for hydroxylation is 6. The molecule has 2 aromatic rings. The normalized spacial score (nSPS) is 10.5. The van der Waals surface area contributed by atoms with Gasteiger partial charge in [0.15, 0.2) is 11.5 Å². The molecule has 0 saturated carbocycles. The molecule has 0 N–H and O–H groups in total. The molecule has 0 unspecified atom stereocenters. The van der Waals surface area contributed by atoms with Gasteiger partial charge in [0.05, 0.1) is 0 Å². The van der Waals surface area contributed by atoms with Crippen molar-refractivity contribution in [2.24, 2.45) is 0 Å². The monoisotopic (exact) mass is 270 g/mol. The Morgan fingerprint density at radius 1 is 0.500 bits per heavy atom. The molecule has 0 heterocycles. The molecule has 0 aromatic heterocycles. The summed E-state index contributed by atoms with van der Waals surface area (Å²) in [5.74, 6) is 1.60. The van der Waals surface area contributed by atoms with E-state index in [0.717, 1.165) is 33.8 Å². The minimum atomic E-state index is 0.801. The van der Waals surface area contributed by atoms with Crippen LogP contribution in [-0.2, 0) is 0 Å². The maximum atomic E-state index is 5.61. The molecule has 20 heavy (non-hydrogen) atoms. The van der Waals surface area contributed by atoms with E-state index >= 15 is 0 Å². The van der Waals surface area contributed by atoms with Crippen LogP contribution in [0.2, 0.25) is 0 Å². The quantitative estimate of drug-likeness (QED) is 0.583. The minimum absolute atomic E-state index is 0.801. The first kappa shape index (κ1) is 14.4. The third kappa shape index (κ3) is 2.96. The summed E-state index contributed by atoms with van der Waals surface area (Å²) in [4.78, 5) is 11.2. The topological polar surface area (TPSA) is 18.5 Å². The van der Waals surface area contributed by atoms with E-state index in [1.165, 1.54) is 11.1 Å². The Labute approximate surface area is 121 Å². The standard InChI is InChI=1S/C18H22O2/c1-11-7-13(3)17(14(4)8-11)19-20-18-15(5)9-12(2)10-16(18)6/h7-10H,1-6H3. The largest absolute Gasteiger partial charge is 0.289 e. The summed E-state index contributed by atoms with van der Waals surface area (Å²) in [6.07, 6.45) is 0. The van der Waals surface area contributed by atoms with Crippen LogP contribution in [0.4, 0.5) is 0 Å². The first-order valence-corrected chi connectivity index (χ1v) is 6.88. The second-order valence-corrected chi connectivity index (χ2v) is 5.62. The Morgan fingerprint density at radius 3 is 1.00 bits per heavy atom.